The Kier molecular flexibility index (Phi) is 10.5. The first-order valence-electron chi connectivity index (χ1n) is 15.0. The maximum absolute atomic E-state index is 2.54. The van der Waals surface area contributed by atoms with E-state index in [-0.39, 0.29) is 10.8 Å². The molecule has 0 aromatic heterocycles. The van der Waals surface area contributed by atoms with Crippen LogP contribution in [0.3, 0.4) is 0 Å². The molecule has 0 heterocycles. The van der Waals surface area contributed by atoms with Gasteiger partial charge < -0.3 is 0 Å². The van der Waals surface area contributed by atoms with Crippen molar-refractivity contribution < 1.29 is 0 Å². The van der Waals surface area contributed by atoms with Gasteiger partial charge in [-0.3, -0.25) is 0 Å². The number of fused-ring (bicyclic) bond motifs is 1. The zero-order chi connectivity index (χ0) is 25.3. The van der Waals surface area contributed by atoms with Crippen molar-refractivity contribution in [2.75, 3.05) is 0 Å². The second-order valence-corrected chi connectivity index (χ2v) is 12.7. The highest BCUT2D eigenvalue weighted by atomic mass is 14.4. The van der Waals surface area contributed by atoms with E-state index in [1.165, 1.54) is 94.6 Å². The van der Waals surface area contributed by atoms with Gasteiger partial charge in [0.1, 0.15) is 0 Å². The average Bonchev–Trinajstić information content (AvgIpc) is 3.09. The smallest absolute Gasteiger partial charge is 0.0100 e. The Labute approximate surface area is 218 Å². The maximum Gasteiger partial charge on any atom is -0.0100 e. The third kappa shape index (κ3) is 7.71. The van der Waals surface area contributed by atoms with Crippen LogP contribution in [0, 0.1) is 5.92 Å². The van der Waals surface area contributed by atoms with E-state index in [1.807, 2.05) is 0 Å². The molecule has 2 aliphatic rings. The summed E-state index contributed by atoms with van der Waals surface area (Å²) in [4.78, 5) is 0. The zero-order valence-corrected chi connectivity index (χ0v) is 24.0. The second-order valence-electron chi connectivity index (χ2n) is 12.7. The molecule has 194 valence electrons. The van der Waals surface area contributed by atoms with Crippen LogP contribution in [-0.2, 0) is 10.8 Å². The standard InChI is InChI=1S/C35H54/c1-7-9-10-11-12-13-14-15-19-28(18-8-2)29-20-16-17-21-30(26-29)31-22-23-32-33(27-31)35(5,6)25-24-34(32,3)4/h17,20-23,26-28H,7-16,18-19,24-25H2,1-6H3. The van der Waals surface area contributed by atoms with Gasteiger partial charge in [0.05, 0.1) is 0 Å². The molecule has 0 bridgehead atoms. The van der Waals surface area contributed by atoms with Crippen LogP contribution in [0.2, 0.25) is 0 Å². The molecule has 1 unspecified atom stereocenters. The van der Waals surface area contributed by atoms with E-state index < -0.39 is 0 Å². The van der Waals surface area contributed by atoms with Crippen molar-refractivity contribution >= 4 is 5.57 Å². The summed E-state index contributed by atoms with van der Waals surface area (Å²) in [5, 5.41) is 0. The minimum Gasteiger partial charge on any atom is -0.0801 e. The molecule has 0 N–H and O–H groups in total. The monoisotopic (exact) mass is 474 g/mol. The highest BCUT2D eigenvalue weighted by Gasteiger charge is 2.37. The molecular formula is C35H54. The van der Waals surface area contributed by atoms with E-state index in [0.717, 1.165) is 6.42 Å². The van der Waals surface area contributed by atoms with Crippen molar-refractivity contribution in [3.05, 3.63) is 64.8 Å². The molecule has 0 nitrogen and oxygen atoms in total. The Balaban J connectivity index is 1.72. The van der Waals surface area contributed by atoms with Crippen LogP contribution in [0.5, 0.6) is 0 Å². The van der Waals surface area contributed by atoms with Crippen molar-refractivity contribution in [3.8, 4) is 0 Å². The largest absolute Gasteiger partial charge is 0.0801 e. The first-order chi connectivity index (χ1) is 16.8. The van der Waals surface area contributed by atoms with Gasteiger partial charge in [-0.1, -0.05) is 142 Å². The number of benzene rings is 1. The minimum atomic E-state index is 0.260. The van der Waals surface area contributed by atoms with E-state index in [9.17, 15) is 0 Å². The summed E-state index contributed by atoms with van der Waals surface area (Å²) in [5.41, 5.74) is 8.07. The second kappa shape index (κ2) is 13.1. The molecule has 0 aliphatic heterocycles. The Morgan fingerprint density at radius 2 is 1.40 bits per heavy atom. The van der Waals surface area contributed by atoms with Gasteiger partial charge in [0, 0.05) is 0 Å². The topological polar surface area (TPSA) is 0 Å². The minimum absolute atomic E-state index is 0.260. The summed E-state index contributed by atoms with van der Waals surface area (Å²) in [6.45, 7) is 14.4. The van der Waals surface area contributed by atoms with E-state index in [0.29, 0.717) is 5.92 Å². The van der Waals surface area contributed by atoms with Crippen LogP contribution < -0.4 is 0 Å². The third-order valence-electron chi connectivity index (χ3n) is 8.81. The number of rotatable bonds is 13. The molecule has 3 rings (SSSR count). The lowest BCUT2D eigenvalue weighted by Gasteiger charge is -2.42. The number of allylic oxidation sites excluding steroid dienone is 6. The number of hydrogen-bond acceptors (Lipinski definition) is 0. The van der Waals surface area contributed by atoms with E-state index in [4.69, 9.17) is 0 Å². The molecule has 0 amide bonds. The van der Waals surface area contributed by atoms with Crippen LogP contribution in [0.25, 0.3) is 5.57 Å². The molecule has 0 saturated heterocycles. The van der Waals surface area contributed by atoms with Crippen LogP contribution >= 0.6 is 0 Å². The SMILES string of the molecule is CCCCCCCCCCC(CCC)C1=CCC=CC(c2ccc3c(c2)C(C)(C)CCC3(C)C)=C1. The van der Waals surface area contributed by atoms with Crippen molar-refractivity contribution in [2.45, 2.75) is 142 Å². The quantitative estimate of drug-likeness (QED) is 0.249. The highest BCUT2D eigenvalue weighted by molar-refractivity contribution is 5.77. The van der Waals surface area contributed by atoms with Gasteiger partial charge in [-0.15, -0.1) is 0 Å². The highest BCUT2D eigenvalue weighted by Crippen LogP contribution is 2.46. The molecular weight excluding hydrogens is 420 g/mol. The fraction of sp³-hybridized carbons (Fsp3) is 0.657. The van der Waals surface area contributed by atoms with Crippen molar-refractivity contribution in [1.29, 1.82) is 0 Å². The summed E-state index contributed by atoms with van der Waals surface area (Å²) < 4.78 is 0. The molecule has 1 aromatic rings. The maximum atomic E-state index is 2.54. The predicted octanol–water partition coefficient (Wildman–Crippen LogP) is 11.3. The summed E-state index contributed by atoms with van der Waals surface area (Å²) in [5.74, 6) is 0.711. The molecule has 1 aromatic carbocycles. The lowest BCUT2D eigenvalue weighted by Crippen LogP contribution is -2.33. The molecule has 0 saturated carbocycles. The van der Waals surface area contributed by atoms with Gasteiger partial charge in [0.2, 0.25) is 0 Å². The Bertz CT molecular complexity index is 889. The van der Waals surface area contributed by atoms with Crippen LogP contribution in [-0.4, -0.2) is 0 Å². The van der Waals surface area contributed by atoms with Crippen LogP contribution in [0.15, 0.2) is 48.1 Å². The Hall–Kier alpha value is -1.56. The third-order valence-corrected chi connectivity index (χ3v) is 8.81. The zero-order valence-electron chi connectivity index (χ0n) is 24.0. The summed E-state index contributed by atoms with van der Waals surface area (Å²) in [6, 6.07) is 7.37. The molecule has 2 aliphatic carbocycles. The summed E-state index contributed by atoms with van der Waals surface area (Å²) >= 11 is 0. The normalized spacial score (nSPS) is 19.5. The molecule has 1 atom stereocenters. The van der Waals surface area contributed by atoms with Crippen molar-refractivity contribution in [3.63, 3.8) is 0 Å². The Morgan fingerprint density at radius 3 is 2.09 bits per heavy atom. The van der Waals surface area contributed by atoms with Gasteiger partial charge in [0.25, 0.3) is 0 Å². The molecule has 0 radical (unpaired) electrons. The van der Waals surface area contributed by atoms with Crippen molar-refractivity contribution in [1.82, 2.24) is 0 Å². The van der Waals surface area contributed by atoms with Crippen LogP contribution in [0.4, 0.5) is 0 Å². The Morgan fingerprint density at radius 1 is 0.743 bits per heavy atom. The summed E-state index contributed by atoms with van der Waals surface area (Å²) in [6.07, 6.45) is 28.6. The molecule has 0 heteroatoms. The number of hydrogen-bond donors (Lipinski definition) is 0. The van der Waals surface area contributed by atoms with E-state index in [1.54, 1.807) is 16.7 Å². The first kappa shape index (κ1) is 28.0. The first-order valence-corrected chi connectivity index (χ1v) is 15.0. The molecule has 35 heavy (non-hydrogen) atoms. The van der Waals surface area contributed by atoms with Gasteiger partial charge in [-0.25, -0.2) is 0 Å². The lowest BCUT2D eigenvalue weighted by molar-refractivity contribution is 0.332. The summed E-state index contributed by atoms with van der Waals surface area (Å²) in [7, 11) is 0. The van der Waals surface area contributed by atoms with Crippen molar-refractivity contribution in [2.24, 2.45) is 5.92 Å². The molecule has 0 spiro atoms. The number of unbranched alkanes of at least 4 members (excludes halogenated alkanes) is 7. The van der Waals surface area contributed by atoms with Crippen LogP contribution in [0.1, 0.15) is 148 Å². The average molecular weight is 475 g/mol. The van der Waals surface area contributed by atoms with Gasteiger partial charge >= 0.3 is 0 Å². The van der Waals surface area contributed by atoms with E-state index in [2.05, 4.69) is 84.0 Å². The van der Waals surface area contributed by atoms with Gasteiger partial charge in [-0.05, 0) is 76.7 Å². The predicted molar refractivity (Wildman–Crippen MR) is 157 cm³/mol. The lowest BCUT2D eigenvalue weighted by atomic mass is 9.63. The fourth-order valence-corrected chi connectivity index (χ4v) is 6.27. The van der Waals surface area contributed by atoms with Gasteiger partial charge in [0.15, 0.2) is 0 Å². The van der Waals surface area contributed by atoms with Gasteiger partial charge in [-0.2, -0.15) is 0 Å². The van der Waals surface area contributed by atoms with E-state index >= 15 is 0 Å². The molecule has 0 fully saturated rings. The fourth-order valence-electron chi connectivity index (χ4n) is 6.27.